The summed E-state index contributed by atoms with van der Waals surface area (Å²) < 4.78 is 5.62. The fourth-order valence-electron chi connectivity index (χ4n) is 2.88. The number of aromatic nitrogens is 1. The number of aliphatic hydroxyl groups excluding tert-OH is 1. The van der Waals surface area contributed by atoms with Crippen molar-refractivity contribution in [3.8, 4) is 0 Å². The number of rotatable bonds is 7. The number of ether oxygens (including phenoxy) is 1. The van der Waals surface area contributed by atoms with Crippen LogP contribution >= 0.6 is 0 Å². The second kappa shape index (κ2) is 8.32. The Morgan fingerprint density at radius 3 is 2.90 bits per heavy atom. The van der Waals surface area contributed by atoms with Crippen molar-refractivity contribution in [3.63, 3.8) is 0 Å². The van der Waals surface area contributed by atoms with Gasteiger partial charge in [0.15, 0.2) is 0 Å². The molecule has 0 bridgehead atoms. The summed E-state index contributed by atoms with van der Waals surface area (Å²) in [5.74, 6) is 1.09. The lowest BCUT2D eigenvalue weighted by atomic mass is 10.0. The molecule has 1 aromatic rings. The van der Waals surface area contributed by atoms with E-state index in [-0.39, 0.29) is 12.7 Å². The van der Waals surface area contributed by atoms with Gasteiger partial charge in [-0.2, -0.15) is 0 Å². The molecule has 0 radical (unpaired) electrons. The van der Waals surface area contributed by atoms with E-state index in [0.717, 1.165) is 38.3 Å². The fourth-order valence-corrected chi connectivity index (χ4v) is 2.88. The van der Waals surface area contributed by atoms with E-state index in [1.807, 2.05) is 12.3 Å². The monoisotopic (exact) mass is 293 g/mol. The van der Waals surface area contributed by atoms with Crippen LogP contribution < -0.4 is 10.2 Å². The molecule has 1 atom stereocenters. The zero-order valence-electron chi connectivity index (χ0n) is 13.1. The first kappa shape index (κ1) is 16.2. The van der Waals surface area contributed by atoms with E-state index in [1.165, 1.54) is 5.56 Å². The van der Waals surface area contributed by atoms with Gasteiger partial charge in [0.25, 0.3) is 0 Å². The topological polar surface area (TPSA) is 57.6 Å². The standard InChI is InChI=1S/C16H27N3O2/c1-3-17-13(2)15-5-4-8-18-16(15)19-9-6-14(7-10-19)21-12-11-20/h4-5,8,13-14,17,20H,3,6-7,9-12H2,1-2H3. The molecular weight excluding hydrogens is 266 g/mol. The van der Waals surface area contributed by atoms with Crippen molar-refractivity contribution in [2.45, 2.75) is 38.8 Å². The molecule has 2 rings (SSSR count). The molecule has 5 nitrogen and oxygen atoms in total. The highest BCUT2D eigenvalue weighted by molar-refractivity contribution is 5.48. The van der Waals surface area contributed by atoms with Crippen LogP contribution in [0.5, 0.6) is 0 Å². The van der Waals surface area contributed by atoms with E-state index in [9.17, 15) is 0 Å². The smallest absolute Gasteiger partial charge is 0.133 e. The quantitative estimate of drug-likeness (QED) is 0.802. The van der Waals surface area contributed by atoms with Crippen molar-refractivity contribution in [3.05, 3.63) is 23.9 Å². The van der Waals surface area contributed by atoms with Crippen LogP contribution in [0.3, 0.4) is 0 Å². The van der Waals surface area contributed by atoms with Crippen LogP contribution in [0, 0.1) is 0 Å². The normalized spacial score (nSPS) is 18.0. The molecule has 1 aliphatic rings. The third-order valence-electron chi connectivity index (χ3n) is 3.98. The largest absolute Gasteiger partial charge is 0.394 e. The van der Waals surface area contributed by atoms with Gasteiger partial charge in [-0.15, -0.1) is 0 Å². The summed E-state index contributed by atoms with van der Waals surface area (Å²) in [5, 5.41) is 12.3. The van der Waals surface area contributed by atoms with E-state index in [0.29, 0.717) is 12.6 Å². The minimum atomic E-state index is 0.102. The lowest BCUT2D eigenvalue weighted by molar-refractivity contribution is 0.0158. The summed E-state index contributed by atoms with van der Waals surface area (Å²) >= 11 is 0. The van der Waals surface area contributed by atoms with Gasteiger partial charge >= 0.3 is 0 Å². The number of piperidine rings is 1. The highest BCUT2D eigenvalue weighted by Gasteiger charge is 2.23. The Bertz CT molecular complexity index is 420. The first-order valence-corrected chi connectivity index (χ1v) is 7.92. The number of hydrogen-bond acceptors (Lipinski definition) is 5. The van der Waals surface area contributed by atoms with E-state index < -0.39 is 0 Å². The second-order valence-electron chi connectivity index (χ2n) is 5.48. The molecule has 0 aromatic carbocycles. The predicted octanol–water partition coefficient (Wildman–Crippen LogP) is 1.73. The maximum atomic E-state index is 8.82. The van der Waals surface area contributed by atoms with Gasteiger partial charge in [0.05, 0.1) is 19.3 Å². The van der Waals surface area contributed by atoms with Gasteiger partial charge in [-0.1, -0.05) is 13.0 Å². The van der Waals surface area contributed by atoms with Crippen LogP contribution in [-0.2, 0) is 4.74 Å². The number of hydrogen-bond donors (Lipinski definition) is 2. The van der Waals surface area contributed by atoms with Crippen molar-refractivity contribution < 1.29 is 9.84 Å². The van der Waals surface area contributed by atoms with Crippen LogP contribution in [0.25, 0.3) is 0 Å². The number of nitrogens with zero attached hydrogens (tertiary/aromatic N) is 2. The summed E-state index contributed by atoms with van der Waals surface area (Å²) in [7, 11) is 0. The molecule has 5 heteroatoms. The number of anilines is 1. The Labute approximate surface area is 127 Å². The Hall–Kier alpha value is -1.17. The molecule has 118 valence electrons. The van der Waals surface area contributed by atoms with Gasteiger partial charge in [0.1, 0.15) is 5.82 Å². The van der Waals surface area contributed by atoms with Crippen LogP contribution in [0.2, 0.25) is 0 Å². The molecule has 1 aliphatic heterocycles. The lowest BCUT2D eigenvalue weighted by Crippen LogP contribution is -2.38. The second-order valence-corrected chi connectivity index (χ2v) is 5.48. The van der Waals surface area contributed by atoms with E-state index in [1.54, 1.807) is 0 Å². The van der Waals surface area contributed by atoms with Crippen LogP contribution in [0.1, 0.15) is 38.3 Å². The van der Waals surface area contributed by atoms with Crippen molar-refractivity contribution in [1.29, 1.82) is 0 Å². The lowest BCUT2D eigenvalue weighted by Gasteiger charge is -2.34. The summed E-state index contributed by atoms with van der Waals surface area (Å²) in [5.41, 5.74) is 1.26. The first-order chi connectivity index (χ1) is 10.3. The predicted molar refractivity (Wildman–Crippen MR) is 84.6 cm³/mol. The number of nitrogens with one attached hydrogen (secondary N) is 1. The maximum Gasteiger partial charge on any atom is 0.133 e. The van der Waals surface area contributed by atoms with Gasteiger partial charge < -0.3 is 20.1 Å². The van der Waals surface area contributed by atoms with Crippen LogP contribution in [0.15, 0.2) is 18.3 Å². The minimum Gasteiger partial charge on any atom is -0.394 e. The molecule has 0 saturated carbocycles. The summed E-state index contributed by atoms with van der Waals surface area (Å²) in [4.78, 5) is 6.95. The van der Waals surface area contributed by atoms with Crippen molar-refractivity contribution in [2.24, 2.45) is 0 Å². The van der Waals surface area contributed by atoms with E-state index >= 15 is 0 Å². The molecule has 2 heterocycles. The average Bonchev–Trinajstić information content (AvgIpc) is 2.53. The highest BCUT2D eigenvalue weighted by Crippen LogP contribution is 2.27. The van der Waals surface area contributed by atoms with E-state index in [4.69, 9.17) is 9.84 Å². The Balaban J connectivity index is 2.00. The third kappa shape index (κ3) is 4.40. The zero-order chi connectivity index (χ0) is 15.1. The highest BCUT2D eigenvalue weighted by atomic mass is 16.5. The summed E-state index contributed by atoms with van der Waals surface area (Å²) in [6.45, 7) is 7.71. The third-order valence-corrected chi connectivity index (χ3v) is 3.98. The Morgan fingerprint density at radius 2 is 2.24 bits per heavy atom. The molecule has 1 fully saturated rings. The molecule has 1 aromatic heterocycles. The van der Waals surface area contributed by atoms with Crippen molar-refractivity contribution in [2.75, 3.05) is 37.7 Å². The average molecular weight is 293 g/mol. The molecule has 0 aliphatic carbocycles. The molecule has 1 unspecified atom stereocenters. The van der Waals surface area contributed by atoms with Gasteiger partial charge in [-0.25, -0.2) is 4.98 Å². The number of aliphatic hydroxyl groups is 1. The molecule has 2 N–H and O–H groups in total. The Kier molecular flexibility index (Phi) is 6.42. The molecular formula is C16H27N3O2. The first-order valence-electron chi connectivity index (χ1n) is 7.92. The SMILES string of the molecule is CCNC(C)c1cccnc1N1CCC(OCCO)CC1. The van der Waals surface area contributed by atoms with Gasteiger partial charge in [-0.05, 0) is 32.4 Å². The zero-order valence-corrected chi connectivity index (χ0v) is 13.1. The molecule has 0 amide bonds. The summed E-state index contributed by atoms with van der Waals surface area (Å²) in [6.07, 6.45) is 4.12. The number of pyridine rings is 1. The van der Waals surface area contributed by atoms with Gasteiger partial charge in [0.2, 0.25) is 0 Å². The summed E-state index contributed by atoms with van der Waals surface area (Å²) in [6, 6.07) is 4.47. The van der Waals surface area contributed by atoms with E-state index in [2.05, 4.69) is 35.1 Å². The van der Waals surface area contributed by atoms with Crippen LogP contribution in [-0.4, -0.2) is 49.0 Å². The molecule has 21 heavy (non-hydrogen) atoms. The fraction of sp³-hybridized carbons (Fsp3) is 0.688. The Morgan fingerprint density at radius 1 is 1.48 bits per heavy atom. The maximum absolute atomic E-state index is 8.82. The minimum absolute atomic E-state index is 0.102. The van der Waals surface area contributed by atoms with Crippen molar-refractivity contribution in [1.82, 2.24) is 10.3 Å². The van der Waals surface area contributed by atoms with Gasteiger partial charge in [-0.3, -0.25) is 0 Å². The van der Waals surface area contributed by atoms with Crippen molar-refractivity contribution >= 4 is 5.82 Å². The van der Waals surface area contributed by atoms with Gasteiger partial charge in [0, 0.05) is 30.9 Å². The molecule has 0 spiro atoms. The van der Waals surface area contributed by atoms with Crippen LogP contribution in [0.4, 0.5) is 5.82 Å². The molecule has 1 saturated heterocycles.